The number of ether oxygens (including phenoxy) is 1. The van der Waals surface area contributed by atoms with Crippen molar-refractivity contribution in [2.75, 3.05) is 26.7 Å². The van der Waals surface area contributed by atoms with Gasteiger partial charge in [-0.25, -0.2) is 0 Å². The zero-order valence-electron chi connectivity index (χ0n) is 12.9. The van der Waals surface area contributed by atoms with E-state index in [1.54, 1.807) is 7.11 Å². The molecule has 1 aromatic carbocycles. The highest BCUT2D eigenvalue weighted by molar-refractivity contribution is 5.27. The normalized spacial score (nSPS) is 16.2. The lowest BCUT2D eigenvalue weighted by Crippen LogP contribution is -2.30. The van der Waals surface area contributed by atoms with Gasteiger partial charge in [0.2, 0.25) is 0 Å². The lowest BCUT2D eigenvalue weighted by atomic mass is 10.1. The number of unbranched alkanes of at least 4 members (excludes halogenated alkanes) is 3. The van der Waals surface area contributed by atoms with E-state index in [0.717, 1.165) is 5.75 Å². The highest BCUT2D eigenvalue weighted by Gasteiger charge is 2.08. The van der Waals surface area contributed by atoms with Gasteiger partial charge in [0, 0.05) is 0 Å². The molecule has 0 bridgehead atoms. The number of methoxy groups -OCH3 is 1. The summed E-state index contributed by atoms with van der Waals surface area (Å²) in [4.78, 5) is 2.65. The number of hydrogen-bond donors (Lipinski definition) is 0. The van der Waals surface area contributed by atoms with E-state index < -0.39 is 0 Å². The van der Waals surface area contributed by atoms with Crippen molar-refractivity contribution in [3.63, 3.8) is 0 Å². The van der Waals surface area contributed by atoms with Gasteiger partial charge < -0.3 is 9.64 Å². The molecule has 0 atom stereocenters. The van der Waals surface area contributed by atoms with Crippen LogP contribution in [0, 0.1) is 0 Å². The van der Waals surface area contributed by atoms with Gasteiger partial charge in [0.25, 0.3) is 0 Å². The van der Waals surface area contributed by atoms with Crippen molar-refractivity contribution >= 4 is 0 Å². The van der Waals surface area contributed by atoms with Crippen LogP contribution in [0.1, 0.15) is 50.5 Å². The van der Waals surface area contributed by atoms with Gasteiger partial charge in [0.05, 0.1) is 7.11 Å². The number of likely N-dealkylation sites (tertiary alicyclic amines) is 1. The minimum Gasteiger partial charge on any atom is -0.497 e. The second kappa shape index (κ2) is 9.02. The maximum Gasteiger partial charge on any atom is 0.118 e. The van der Waals surface area contributed by atoms with Crippen LogP contribution in [0.3, 0.4) is 0 Å². The smallest absolute Gasteiger partial charge is 0.118 e. The molecule has 1 aliphatic heterocycles. The van der Waals surface area contributed by atoms with Crippen molar-refractivity contribution in [3.8, 4) is 5.75 Å². The predicted molar refractivity (Wildman–Crippen MR) is 85.5 cm³/mol. The van der Waals surface area contributed by atoms with Crippen molar-refractivity contribution < 1.29 is 4.74 Å². The van der Waals surface area contributed by atoms with Gasteiger partial charge in [-0.1, -0.05) is 31.4 Å². The molecule has 1 saturated heterocycles. The highest BCUT2D eigenvalue weighted by atomic mass is 16.5. The summed E-state index contributed by atoms with van der Waals surface area (Å²) in [6.07, 6.45) is 10.9. The average molecular weight is 275 g/mol. The van der Waals surface area contributed by atoms with Crippen LogP contribution in [0.15, 0.2) is 24.3 Å². The van der Waals surface area contributed by atoms with Crippen molar-refractivity contribution in [2.24, 2.45) is 0 Å². The SMILES string of the molecule is COc1ccc(CCCCCCN2CCCCC2)cc1. The number of nitrogens with zero attached hydrogens (tertiary/aromatic N) is 1. The Labute approximate surface area is 124 Å². The minimum absolute atomic E-state index is 0.954. The minimum atomic E-state index is 0.954. The number of hydrogen-bond acceptors (Lipinski definition) is 2. The van der Waals surface area contributed by atoms with Crippen molar-refractivity contribution in [1.29, 1.82) is 0 Å². The van der Waals surface area contributed by atoms with Crippen molar-refractivity contribution in [1.82, 2.24) is 4.90 Å². The molecule has 1 fully saturated rings. The summed E-state index contributed by atoms with van der Waals surface area (Å²) >= 11 is 0. The van der Waals surface area contributed by atoms with Gasteiger partial charge >= 0.3 is 0 Å². The molecule has 1 heterocycles. The molecule has 0 radical (unpaired) electrons. The van der Waals surface area contributed by atoms with Crippen LogP contribution in [0.25, 0.3) is 0 Å². The van der Waals surface area contributed by atoms with Crippen LogP contribution in [-0.2, 0) is 6.42 Å². The first kappa shape index (κ1) is 15.4. The van der Waals surface area contributed by atoms with E-state index in [0.29, 0.717) is 0 Å². The van der Waals surface area contributed by atoms with E-state index in [4.69, 9.17) is 4.74 Å². The zero-order chi connectivity index (χ0) is 14.0. The average Bonchev–Trinajstić information content (AvgIpc) is 2.52. The Morgan fingerprint density at radius 1 is 0.900 bits per heavy atom. The lowest BCUT2D eigenvalue weighted by molar-refractivity contribution is 0.224. The summed E-state index contributed by atoms with van der Waals surface area (Å²) < 4.78 is 5.18. The molecule has 2 heteroatoms. The number of aryl methyl sites for hydroxylation is 1. The number of rotatable bonds is 8. The maximum absolute atomic E-state index is 5.18. The van der Waals surface area contributed by atoms with Crippen molar-refractivity contribution in [3.05, 3.63) is 29.8 Å². The second-order valence-corrected chi connectivity index (χ2v) is 5.91. The monoisotopic (exact) mass is 275 g/mol. The van der Waals surface area contributed by atoms with Crippen LogP contribution in [-0.4, -0.2) is 31.6 Å². The molecule has 1 aromatic rings. The molecule has 0 saturated carbocycles. The fourth-order valence-corrected chi connectivity index (χ4v) is 2.99. The van der Waals surface area contributed by atoms with Gasteiger partial charge in [0.1, 0.15) is 5.75 Å². The molecule has 0 N–H and O–H groups in total. The first-order valence-corrected chi connectivity index (χ1v) is 8.24. The predicted octanol–water partition coefficient (Wildman–Crippen LogP) is 4.28. The first-order valence-electron chi connectivity index (χ1n) is 8.24. The molecule has 2 nitrogen and oxygen atoms in total. The topological polar surface area (TPSA) is 12.5 Å². The standard InChI is InChI=1S/C18H29NO/c1-20-18-12-10-17(11-13-18)9-5-2-3-6-14-19-15-7-4-8-16-19/h10-13H,2-9,14-16H2,1H3. The van der Waals surface area contributed by atoms with Gasteiger partial charge in [-0.3, -0.25) is 0 Å². The van der Waals surface area contributed by atoms with Gasteiger partial charge in [0.15, 0.2) is 0 Å². The van der Waals surface area contributed by atoms with Crippen molar-refractivity contribution in [2.45, 2.75) is 51.4 Å². The Kier molecular flexibility index (Phi) is 6.93. The Bertz CT molecular complexity index is 354. The van der Waals surface area contributed by atoms with E-state index >= 15 is 0 Å². The Morgan fingerprint density at radius 2 is 1.60 bits per heavy atom. The lowest BCUT2D eigenvalue weighted by Gasteiger charge is -2.26. The third kappa shape index (κ3) is 5.54. The molecule has 2 rings (SSSR count). The molecule has 1 aliphatic rings. The molecular weight excluding hydrogens is 246 g/mol. The number of piperidine rings is 1. The summed E-state index contributed by atoms with van der Waals surface area (Å²) in [5, 5.41) is 0. The molecule has 112 valence electrons. The Hall–Kier alpha value is -1.02. The Morgan fingerprint density at radius 3 is 2.30 bits per heavy atom. The fourth-order valence-electron chi connectivity index (χ4n) is 2.99. The van der Waals surface area contributed by atoms with Crippen LogP contribution >= 0.6 is 0 Å². The van der Waals surface area contributed by atoms with Crippen LogP contribution in [0.2, 0.25) is 0 Å². The van der Waals surface area contributed by atoms with Crippen LogP contribution < -0.4 is 4.74 Å². The largest absolute Gasteiger partial charge is 0.497 e. The van der Waals surface area contributed by atoms with Crippen LogP contribution in [0.5, 0.6) is 5.75 Å². The molecule has 0 unspecified atom stereocenters. The van der Waals surface area contributed by atoms with E-state index in [2.05, 4.69) is 29.2 Å². The molecule has 0 aromatic heterocycles. The summed E-state index contributed by atoms with van der Waals surface area (Å²) in [6, 6.07) is 8.50. The maximum atomic E-state index is 5.18. The molecular formula is C18H29NO. The summed E-state index contributed by atoms with van der Waals surface area (Å²) in [5.41, 5.74) is 1.43. The second-order valence-electron chi connectivity index (χ2n) is 5.91. The van der Waals surface area contributed by atoms with Gasteiger partial charge in [-0.05, 0) is 69.4 Å². The summed E-state index contributed by atoms with van der Waals surface area (Å²) in [5.74, 6) is 0.954. The van der Waals surface area contributed by atoms with E-state index in [1.165, 1.54) is 76.6 Å². The first-order chi connectivity index (χ1) is 9.88. The zero-order valence-corrected chi connectivity index (χ0v) is 12.9. The van der Waals surface area contributed by atoms with Gasteiger partial charge in [-0.15, -0.1) is 0 Å². The number of benzene rings is 1. The fraction of sp³-hybridized carbons (Fsp3) is 0.667. The Balaban J connectivity index is 1.50. The third-order valence-electron chi connectivity index (χ3n) is 4.30. The van der Waals surface area contributed by atoms with Gasteiger partial charge in [-0.2, -0.15) is 0 Å². The highest BCUT2D eigenvalue weighted by Crippen LogP contribution is 2.14. The third-order valence-corrected chi connectivity index (χ3v) is 4.30. The summed E-state index contributed by atoms with van der Waals surface area (Å²) in [6.45, 7) is 4.00. The summed E-state index contributed by atoms with van der Waals surface area (Å²) in [7, 11) is 1.72. The van der Waals surface area contributed by atoms with Crippen LogP contribution in [0.4, 0.5) is 0 Å². The van der Waals surface area contributed by atoms with E-state index in [1.807, 2.05) is 0 Å². The van der Waals surface area contributed by atoms with E-state index in [-0.39, 0.29) is 0 Å². The molecule has 20 heavy (non-hydrogen) atoms. The molecule has 0 aliphatic carbocycles. The molecule has 0 spiro atoms. The molecule has 0 amide bonds. The van der Waals surface area contributed by atoms with E-state index in [9.17, 15) is 0 Å². The quantitative estimate of drug-likeness (QED) is 0.656.